The topological polar surface area (TPSA) is 66.8 Å². The Morgan fingerprint density at radius 2 is 2.23 bits per heavy atom. The average Bonchev–Trinajstić information content (AvgIpc) is 2.85. The highest BCUT2D eigenvalue weighted by atomic mass is 16.6. The molecule has 1 N–H and O–H groups in total. The quantitative estimate of drug-likeness (QED) is 0.678. The molecule has 0 atom stereocenters. The molecule has 1 heterocycles. The van der Waals surface area contributed by atoms with E-state index in [0.29, 0.717) is 26.0 Å². The van der Waals surface area contributed by atoms with Crippen molar-refractivity contribution in [3.05, 3.63) is 0 Å². The highest BCUT2D eigenvalue weighted by Gasteiger charge is 2.57. The third-order valence-electron chi connectivity index (χ3n) is 2.61. The van der Waals surface area contributed by atoms with Crippen LogP contribution >= 0.6 is 0 Å². The molecule has 1 aliphatic carbocycles. The van der Waals surface area contributed by atoms with E-state index in [2.05, 4.69) is 0 Å². The van der Waals surface area contributed by atoms with Gasteiger partial charge in [0.2, 0.25) is 0 Å². The van der Waals surface area contributed by atoms with Gasteiger partial charge >= 0.3 is 12.1 Å². The lowest BCUT2D eigenvalue weighted by Crippen LogP contribution is -2.50. The molecule has 0 radical (unpaired) electrons. The van der Waals surface area contributed by atoms with Gasteiger partial charge in [0.25, 0.3) is 0 Å². The third kappa shape index (κ3) is 1.15. The Kier molecular flexibility index (Phi) is 1.68. The maximum Gasteiger partial charge on any atom is 0.410 e. The zero-order chi connectivity index (χ0) is 9.47. The second-order valence-electron chi connectivity index (χ2n) is 3.46. The van der Waals surface area contributed by atoms with Crippen LogP contribution < -0.4 is 0 Å². The molecule has 72 valence electrons. The number of hydrogen-bond donors (Lipinski definition) is 1. The smallest absolute Gasteiger partial charge is 0.410 e. The summed E-state index contributed by atoms with van der Waals surface area (Å²) in [7, 11) is 0. The summed E-state index contributed by atoms with van der Waals surface area (Å²) in [5.41, 5.74) is -0.933. The van der Waals surface area contributed by atoms with Crippen molar-refractivity contribution in [3.63, 3.8) is 0 Å². The van der Waals surface area contributed by atoms with Gasteiger partial charge in [-0.3, -0.25) is 4.90 Å². The molecule has 2 fully saturated rings. The summed E-state index contributed by atoms with van der Waals surface area (Å²) >= 11 is 0. The summed E-state index contributed by atoms with van der Waals surface area (Å²) in [5, 5.41) is 8.92. The first-order valence-corrected chi connectivity index (χ1v) is 4.35. The van der Waals surface area contributed by atoms with Crippen LogP contribution in [0, 0.1) is 0 Å². The molecule has 2 aliphatic rings. The van der Waals surface area contributed by atoms with Crippen molar-refractivity contribution in [2.75, 3.05) is 13.2 Å². The van der Waals surface area contributed by atoms with Crippen LogP contribution in [0.2, 0.25) is 0 Å². The van der Waals surface area contributed by atoms with Crippen molar-refractivity contribution in [2.24, 2.45) is 0 Å². The Morgan fingerprint density at radius 3 is 2.69 bits per heavy atom. The lowest BCUT2D eigenvalue weighted by atomic mass is 10.2. The van der Waals surface area contributed by atoms with E-state index in [-0.39, 0.29) is 0 Å². The van der Waals surface area contributed by atoms with Crippen LogP contribution in [0.3, 0.4) is 0 Å². The normalized spacial score (nSPS) is 25.2. The molecule has 5 heteroatoms. The average molecular weight is 185 g/mol. The molecule has 1 saturated carbocycles. The predicted octanol–water partition coefficient (Wildman–Crippen LogP) is 0.446. The SMILES string of the molecule is O=C1OCCCN1C1(C(=O)O)CC1. The lowest BCUT2D eigenvalue weighted by molar-refractivity contribution is -0.145. The van der Waals surface area contributed by atoms with E-state index >= 15 is 0 Å². The Labute approximate surface area is 75.3 Å². The summed E-state index contributed by atoms with van der Waals surface area (Å²) in [5.74, 6) is -0.911. The fourth-order valence-electron chi connectivity index (χ4n) is 1.66. The molecule has 0 aromatic heterocycles. The van der Waals surface area contributed by atoms with Gasteiger partial charge in [-0.1, -0.05) is 0 Å². The molecular weight excluding hydrogens is 174 g/mol. The van der Waals surface area contributed by atoms with Gasteiger partial charge in [0.1, 0.15) is 5.54 Å². The number of cyclic esters (lactones) is 1. The fraction of sp³-hybridized carbons (Fsp3) is 0.750. The van der Waals surface area contributed by atoms with Gasteiger partial charge in [0.15, 0.2) is 0 Å². The second kappa shape index (κ2) is 2.61. The first kappa shape index (κ1) is 8.34. The molecule has 0 unspecified atom stereocenters. The van der Waals surface area contributed by atoms with E-state index in [0.717, 1.165) is 6.42 Å². The number of carbonyl (C=O) groups is 2. The number of aliphatic carboxylic acids is 1. The number of carboxylic acid groups (broad SMARTS) is 1. The summed E-state index contributed by atoms with van der Waals surface area (Å²) in [6.45, 7) is 0.913. The molecule has 1 saturated heterocycles. The van der Waals surface area contributed by atoms with Crippen LogP contribution in [0.5, 0.6) is 0 Å². The Hall–Kier alpha value is -1.26. The molecule has 5 nitrogen and oxygen atoms in total. The zero-order valence-corrected chi connectivity index (χ0v) is 7.15. The first-order chi connectivity index (χ1) is 6.17. The number of carbonyl (C=O) groups excluding carboxylic acids is 1. The van der Waals surface area contributed by atoms with E-state index in [4.69, 9.17) is 9.84 Å². The molecule has 0 bridgehead atoms. The standard InChI is InChI=1S/C8H11NO4/c10-6(11)8(2-3-8)9-4-1-5-13-7(9)12/h1-5H2,(H,10,11). The Morgan fingerprint density at radius 1 is 1.54 bits per heavy atom. The van der Waals surface area contributed by atoms with Gasteiger partial charge in [-0.25, -0.2) is 9.59 Å². The van der Waals surface area contributed by atoms with Gasteiger partial charge < -0.3 is 9.84 Å². The number of carboxylic acids is 1. The van der Waals surface area contributed by atoms with Crippen molar-refractivity contribution in [1.29, 1.82) is 0 Å². The number of hydrogen-bond acceptors (Lipinski definition) is 3. The van der Waals surface area contributed by atoms with Crippen molar-refractivity contribution in [1.82, 2.24) is 4.90 Å². The van der Waals surface area contributed by atoms with Gasteiger partial charge in [0, 0.05) is 6.54 Å². The summed E-state index contributed by atoms with van der Waals surface area (Å²) in [6.07, 6.45) is 1.35. The lowest BCUT2D eigenvalue weighted by Gasteiger charge is -2.31. The molecule has 2 rings (SSSR count). The molecule has 1 amide bonds. The van der Waals surface area contributed by atoms with E-state index in [9.17, 15) is 9.59 Å². The van der Waals surface area contributed by atoms with Gasteiger partial charge in [0.05, 0.1) is 6.61 Å². The van der Waals surface area contributed by atoms with Crippen molar-refractivity contribution in [3.8, 4) is 0 Å². The van der Waals surface area contributed by atoms with E-state index < -0.39 is 17.6 Å². The number of amides is 1. The molecule has 0 spiro atoms. The minimum absolute atomic E-state index is 0.408. The number of rotatable bonds is 2. The Balaban J connectivity index is 2.14. The van der Waals surface area contributed by atoms with Crippen LogP contribution in [0.15, 0.2) is 0 Å². The molecule has 13 heavy (non-hydrogen) atoms. The minimum Gasteiger partial charge on any atom is -0.479 e. The van der Waals surface area contributed by atoms with Crippen LogP contribution in [0.25, 0.3) is 0 Å². The van der Waals surface area contributed by atoms with E-state index in [1.54, 1.807) is 0 Å². The van der Waals surface area contributed by atoms with Gasteiger partial charge in [-0.05, 0) is 19.3 Å². The van der Waals surface area contributed by atoms with Crippen molar-refractivity contribution < 1.29 is 19.4 Å². The van der Waals surface area contributed by atoms with Crippen molar-refractivity contribution >= 4 is 12.1 Å². The van der Waals surface area contributed by atoms with Crippen LogP contribution in [-0.2, 0) is 9.53 Å². The molecule has 1 aliphatic heterocycles. The van der Waals surface area contributed by atoms with E-state index in [1.807, 2.05) is 0 Å². The third-order valence-corrected chi connectivity index (χ3v) is 2.61. The predicted molar refractivity (Wildman–Crippen MR) is 42.3 cm³/mol. The summed E-state index contributed by atoms with van der Waals surface area (Å²) in [4.78, 5) is 23.5. The summed E-state index contributed by atoms with van der Waals surface area (Å²) in [6, 6.07) is 0. The molecule has 0 aromatic carbocycles. The fourth-order valence-corrected chi connectivity index (χ4v) is 1.66. The largest absolute Gasteiger partial charge is 0.479 e. The maximum atomic E-state index is 11.2. The summed E-state index contributed by atoms with van der Waals surface area (Å²) < 4.78 is 4.79. The maximum absolute atomic E-state index is 11.2. The van der Waals surface area contributed by atoms with Gasteiger partial charge in [-0.15, -0.1) is 0 Å². The van der Waals surface area contributed by atoms with Crippen LogP contribution in [0.1, 0.15) is 19.3 Å². The highest BCUT2D eigenvalue weighted by Crippen LogP contribution is 2.43. The molecule has 0 aromatic rings. The zero-order valence-electron chi connectivity index (χ0n) is 7.15. The number of ether oxygens (including phenoxy) is 1. The molecular formula is C8H11NO4. The minimum atomic E-state index is -0.933. The highest BCUT2D eigenvalue weighted by molar-refractivity contribution is 5.87. The Bertz CT molecular complexity index is 259. The van der Waals surface area contributed by atoms with Crippen LogP contribution in [0.4, 0.5) is 4.79 Å². The monoisotopic (exact) mass is 185 g/mol. The van der Waals surface area contributed by atoms with Gasteiger partial charge in [-0.2, -0.15) is 0 Å². The van der Waals surface area contributed by atoms with Crippen LogP contribution in [-0.4, -0.2) is 40.8 Å². The van der Waals surface area contributed by atoms with Crippen molar-refractivity contribution in [2.45, 2.75) is 24.8 Å². The first-order valence-electron chi connectivity index (χ1n) is 4.35. The van der Waals surface area contributed by atoms with E-state index in [1.165, 1.54) is 4.90 Å². The number of nitrogens with zero attached hydrogens (tertiary/aromatic N) is 1. The second-order valence-corrected chi connectivity index (χ2v) is 3.46.